The van der Waals surface area contributed by atoms with Gasteiger partial charge in [0.25, 0.3) is 0 Å². The lowest BCUT2D eigenvalue weighted by Gasteiger charge is -2.23. The van der Waals surface area contributed by atoms with Crippen molar-refractivity contribution in [1.29, 1.82) is 0 Å². The number of rotatable bonds is 6. The molecular weight excluding hydrogens is 250 g/mol. The van der Waals surface area contributed by atoms with Gasteiger partial charge in [-0.05, 0) is 36.8 Å². The van der Waals surface area contributed by atoms with Gasteiger partial charge >= 0.3 is 0 Å². The lowest BCUT2D eigenvalue weighted by Crippen LogP contribution is -2.30. The van der Waals surface area contributed by atoms with E-state index in [0.717, 1.165) is 13.0 Å². The van der Waals surface area contributed by atoms with E-state index in [2.05, 4.69) is 39.0 Å². The molecule has 0 aromatic carbocycles. The molecule has 1 fully saturated rings. The predicted octanol–water partition coefficient (Wildman–Crippen LogP) is 2.58. The highest BCUT2D eigenvalue weighted by Gasteiger charge is 2.31. The molecule has 0 radical (unpaired) electrons. The fourth-order valence-corrected chi connectivity index (χ4v) is 1.96. The Morgan fingerprint density at radius 1 is 1.33 bits per heavy atom. The number of anilines is 2. The third-order valence-corrected chi connectivity index (χ3v) is 3.18. The number of nitrogens with zero attached hydrogens (tertiary/aromatic N) is 4. The van der Waals surface area contributed by atoms with Crippen LogP contribution in [0.25, 0.3) is 0 Å². The number of halogens is 1. The zero-order valence-electron chi connectivity index (χ0n) is 11.1. The van der Waals surface area contributed by atoms with E-state index in [0.29, 0.717) is 23.9 Å². The first-order valence-corrected chi connectivity index (χ1v) is 6.84. The number of hydrogen-bond acceptors (Lipinski definition) is 5. The second-order valence-electron chi connectivity index (χ2n) is 5.09. The summed E-state index contributed by atoms with van der Waals surface area (Å²) in [6.45, 7) is 5.43. The van der Waals surface area contributed by atoms with Crippen molar-refractivity contribution in [2.24, 2.45) is 5.92 Å². The maximum atomic E-state index is 5.93. The fourth-order valence-electron chi connectivity index (χ4n) is 1.81. The molecule has 0 unspecified atom stereocenters. The normalized spacial score (nSPS) is 14.9. The Morgan fingerprint density at radius 3 is 2.61 bits per heavy atom. The van der Waals surface area contributed by atoms with Gasteiger partial charge in [-0.3, -0.25) is 0 Å². The standard InChI is InChI=1S/C12H20ClN5/c1-8(2)6-7-18(9-4-5-9)12-16-10(13)15-11(14-3)17-12/h8-9H,4-7H2,1-3H3,(H,14,15,16,17). The van der Waals surface area contributed by atoms with Crippen molar-refractivity contribution in [3.05, 3.63) is 5.28 Å². The van der Waals surface area contributed by atoms with Crippen LogP contribution in [0.2, 0.25) is 5.28 Å². The summed E-state index contributed by atoms with van der Waals surface area (Å²) in [4.78, 5) is 14.9. The lowest BCUT2D eigenvalue weighted by molar-refractivity contribution is 0.565. The van der Waals surface area contributed by atoms with E-state index in [9.17, 15) is 0 Å². The van der Waals surface area contributed by atoms with E-state index in [1.54, 1.807) is 7.05 Å². The summed E-state index contributed by atoms with van der Waals surface area (Å²) in [5, 5.41) is 3.16. The lowest BCUT2D eigenvalue weighted by atomic mass is 10.1. The first-order chi connectivity index (χ1) is 8.60. The van der Waals surface area contributed by atoms with Gasteiger partial charge in [0.15, 0.2) is 0 Å². The largest absolute Gasteiger partial charge is 0.357 e. The van der Waals surface area contributed by atoms with E-state index in [4.69, 9.17) is 11.6 Å². The quantitative estimate of drug-likeness (QED) is 0.860. The van der Waals surface area contributed by atoms with Gasteiger partial charge in [0.05, 0.1) is 0 Å². The summed E-state index contributed by atoms with van der Waals surface area (Å²) < 4.78 is 0. The molecule has 1 saturated carbocycles. The van der Waals surface area contributed by atoms with Gasteiger partial charge in [0.1, 0.15) is 0 Å². The molecule has 2 rings (SSSR count). The smallest absolute Gasteiger partial charge is 0.231 e. The van der Waals surface area contributed by atoms with Gasteiger partial charge in [-0.25, -0.2) is 0 Å². The Kier molecular flexibility index (Phi) is 4.22. The Hall–Kier alpha value is -1.10. The van der Waals surface area contributed by atoms with Crippen molar-refractivity contribution in [1.82, 2.24) is 15.0 Å². The van der Waals surface area contributed by atoms with Crippen LogP contribution in [0.15, 0.2) is 0 Å². The second-order valence-corrected chi connectivity index (χ2v) is 5.42. The van der Waals surface area contributed by atoms with Crippen LogP contribution in [-0.4, -0.2) is 34.6 Å². The summed E-state index contributed by atoms with van der Waals surface area (Å²) in [5.74, 6) is 1.90. The molecular formula is C12H20ClN5. The molecule has 1 aromatic heterocycles. The van der Waals surface area contributed by atoms with Crippen LogP contribution in [0.4, 0.5) is 11.9 Å². The number of hydrogen-bond donors (Lipinski definition) is 1. The fraction of sp³-hybridized carbons (Fsp3) is 0.750. The van der Waals surface area contributed by atoms with Crippen LogP contribution in [-0.2, 0) is 0 Å². The zero-order valence-corrected chi connectivity index (χ0v) is 11.9. The summed E-state index contributed by atoms with van der Waals surface area (Å²) in [7, 11) is 1.78. The van der Waals surface area contributed by atoms with E-state index in [1.807, 2.05) is 0 Å². The average Bonchev–Trinajstić information content (AvgIpc) is 3.12. The average molecular weight is 270 g/mol. The van der Waals surface area contributed by atoms with Gasteiger partial charge in [-0.1, -0.05) is 13.8 Å². The molecule has 18 heavy (non-hydrogen) atoms. The highest BCUT2D eigenvalue weighted by atomic mass is 35.5. The molecule has 0 spiro atoms. The molecule has 1 aromatic rings. The van der Waals surface area contributed by atoms with Crippen LogP contribution < -0.4 is 10.2 Å². The van der Waals surface area contributed by atoms with E-state index in [1.165, 1.54) is 12.8 Å². The topological polar surface area (TPSA) is 53.9 Å². The Morgan fingerprint density at radius 2 is 2.06 bits per heavy atom. The summed E-state index contributed by atoms with van der Waals surface area (Å²) >= 11 is 5.93. The second kappa shape index (κ2) is 5.69. The Bertz CT molecular complexity index is 405. The monoisotopic (exact) mass is 269 g/mol. The molecule has 6 heteroatoms. The molecule has 1 heterocycles. The molecule has 100 valence electrons. The van der Waals surface area contributed by atoms with Crippen LogP contribution >= 0.6 is 11.6 Å². The van der Waals surface area contributed by atoms with Crippen LogP contribution in [0, 0.1) is 5.92 Å². The minimum absolute atomic E-state index is 0.250. The third kappa shape index (κ3) is 3.45. The van der Waals surface area contributed by atoms with Crippen molar-refractivity contribution in [2.45, 2.75) is 39.2 Å². The molecule has 1 aliphatic carbocycles. The van der Waals surface area contributed by atoms with Crippen LogP contribution in [0.1, 0.15) is 33.1 Å². The molecule has 0 atom stereocenters. The summed E-state index contributed by atoms with van der Waals surface area (Å²) in [5.41, 5.74) is 0. The molecule has 0 amide bonds. The predicted molar refractivity (Wildman–Crippen MR) is 74.2 cm³/mol. The molecule has 1 aliphatic rings. The first-order valence-electron chi connectivity index (χ1n) is 6.46. The molecule has 0 bridgehead atoms. The Balaban J connectivity index is 2.16. The minimum Gasteiger partial charge on any atom is -0.357 e. The van der Waals surface area contributed by atoms with E-state index >= 15 is 0 Å². The van der Waals surface area contributed by atoms with E-state index in [-0.39, 0.29) is 5.28 Å². The van der Waals surface area contributed by atoms with Crippen molar-refractivity contribution in [2.75, 3.05) is 23.8 Å². The third-order valence-electron chi connectivity index (χ3n) is 3.01. The van der Waals surface area contributed by atoms with Gasteiger partial charge < -0.3 is 10.2 Å². The maximum absolute atomic E-state index is 5.93. The summed E-state index contributed by atoms with van der Waals surface area (Å²) in [6, 6.07) is 0.576. The molecule has 0 aliphatic heterocycles. The highest BCUT2D eigenvalue weighted by Crippen LogP contribution is 2.31. The van der Waals surface area contributed by atoms with Crippen LogP contribution in [0.3, 0.4) is 0 Å². The van der Waals surface area contributed by atoms with Crippen molar-refractivity contribution < 1.29 is 0 Å². The SMILES string of the molecule is CNc1nc(Cl)nc(N(CCC(C)C)C2CC2)n1. The minimum atomic E-state index is 0.250. The van der Waals surface area contributed by atoms with Crippen molar-refractivity contribution >= 4 is 23.5 Å². The van der Waals surface area contributed by atoms with Gasteiger partial charge in [-0.2, -0.15) is 15.0 Å². The van der Waals surface area contributed by atoms with E-state index < -0.39 is 0 Å². The van der Waals surface area contributed by atoms with Gasteiger partial charge in [-0.15, -0.1) is 0 Å². The van der Waals surface area contributed by atoms with Crippen molar-refractivity contribution in [3.63, 3.8) is 0 Å². The zero-order chi connectivity index (χ0) is 13.1. The number of nitrogens with one attached hydrogen (secondary N) is 1. The summed E-state index contributed by atoms with van der Waals surface area (Å²) in [6.07, 6.45) is 3.57. The van der Waals surface area contributed by atoms with Gasteiger partial charge in [0.2, 0.25) is 17.2 Å². The van der Waals surface area contributed by atoms with Gasteiger partial charge in [0, 0.05) is 19.6 Å². The van der Waals surface area contributed by atoms with Crippen LogP contribution in [0.5, 0.6) is 0 Å². The highest BCUT2D eigenvalue weighted by molar-refractivity contribution is 6.28. The maximum Gasteiger partial charge on any atom is 0.231 e. The molecule has 1 N–H and O–H groups in total. The first kappa shape index (κ1) is 13.3. The molecule has 5 nitrogen and oxygen atoms in total. The van der Waals surface area contributed by atoms with Crippen molar-refractivity contribution in [3.8, 4) is 0 Å². The Labute approximate surface area is 113 Å². The number of aromatic nitrogens is 3. The molecule has 0 saturated heterocycles.